The van der Waals surface area contributed by atoms with E-state index in [1.807, 2.05) is 0 Å². The van der Waals surface area contributed by atoms with Crippen LogP contribution < -0.4 is 4.74 Å². The predicted molar refractivity (Wildman–Crippen MR) is 58.6 cm³/mol. The van der Waals surface area contributed by atoms with Gasteiger partial charge in [0.15, 0.2) is 11.6 Å². The smallest absolute Gasteiger partial charge is 0.275 e. The molecule has 0 saturated carbocycles. The Labute approximate surface area is 97.3 Å². The van der Waals surface area contributed by atoms with Gasteiger partial charge in [-0.15, -0.1) is 0 Å². The molecule has 0 amide bonds. The lowest BCUT2D eigenvalue weighted by molar-refractivity contribution is -0.385. The van der Waals surface area contributed by atoms with E-state index in [1.54, 1.807) is 0 Å². The molecular formula is C11H12FNO4. The lowest BCUT2D eigenvalue weighted by Gasteiger charge is -2.07. The summed E-state index contributed by atoms with van der Waals surface area (Å²) in [6, 6.07) is 2.08. The van der Waals surface area contributed by atoms with Crippen molar-refractivity contribution in [3.63, 3.8) is 0 Å². The number of Topliss-reactive ketones (excluding diaryl/α,β-unsaturated/α-hetero) is 1. The van der Waals surface area contributed by atoms with Crippen LogP contribution in [0.1, 0.15) is 18.9 Å². The van der Waals surface area contributed by atoms with E-state index in [9.17, 15) is 19.3 Å². The van der Waals surface area contributed by atoms with E-state index in [4.69, 9.17) is 4.74 Å². The number of halogens is 1. The highest BCUT2D eigenvalue weighted by Gasteiger charge is 2.16. The van der Waals surface area contributed by atoms with Gasteiger partial charge < -0.3 is 4.74 Å². The first-order chi connectivity index (χ1) is 7.91. The molecule has 0 fully saturated rings. The van der Waals surface area contributed by atoms with Gasteiger partial charge in [0.25, 0.3) is 5.69 Å². The number of nitrogens with zero attached hydrogens (tertiary/aromatic N) is 1. The zero-order valence-corrected chi connectivity index (χ0v) is 9.53. The maximum Gasteiger partial charge on any atom is 0.275 e. The molecule has 0 aliphatic carbocycles. The number of hydrogen-bond donors (Lipinski definition) is 0. The molecule has 5 nitrogen and oxygen atoms in total. The monoisotopic (exact) mass is 241 g/mol. The third-order valence-corrected chi connectivity index (χ3v) is 2.16. The van der Waals surface area contributed by atoms with E-state index >= 15 is 0 Å². The Hall–Kier alpha value is -1.98. The van der Waals surface area contributed by atoms with E-state index in [-0.39, 0.29) is 30.2 Å². The molecule has 0 aliphatic heterocycles. The summed E-state index contributed by atoms with van der Waals surface area (Å²) < 4.78 is 18.4. The molecular weight excluding hydrogens is 229 g/mol. The highest BCUT2D eigenvalue weighted by molar-refractivity contribution is 5.75. The first kappa shape index (κ1) is 13.1. The van der Waals surface area contributed by atoms with E-state index in [2.05, 4.69) is 0 Å². The minimum atomic E-state index is -0.800. The lowest BCUT2D eigenvalue weighted by atomic mass is 10.2. The van der Waals surface area contributed by atoms with E-state index in [0.29, 0.717) is 5.56 Å². The van der Waals surface area contributed by atoms with Crippen molar-refractivity contribution in [2.75, 3.05) is 6.61 Å². The summed E-state index contributed by atoms with van der Waals surface area (Å²) in [5.74, 6) is -0.941. The lowest BCUT2D eigenvalue weighted by Crippen LogP contribution is -2.04. The van der Waals surface area contributed by atoms with Crippen LogP contribution in [0.4, 0.5) is 10.1 Å². The predicted octanol–water partition coefficient (Wildman–Crippen LogP) is 2.40. The molecule has 17 heavy (non-hydrogen) atoms. The minimum Gasteiger partial charge on any atom is -0.490 e. The fraction of sp³-hybridized carbons (Fsp3) is 0.364. The molecule has 92 valence electrons. The van der Waals surface area contributed by atoms with Crippen LogP contribution in [0.2, 0.25) is 0 Å². The number of nitro groups is 1. The van der Waals surface area contributed by atoms with Crippen LogP contribution in [-0.4, -0.2) is 17.3 Å². The van der Waals surface area contributed by atoms with Crippen molar-refractivity contribution in [3.8, 4) is 5.75 Å². The third kappa shape index (κ3) is 3.51. The third-order valence-electron chi connectivity index (χ3n) is 2.16. The van der Waals surface area contributed by atoms with Crippen molar-refractivity contribution in [1.82, 2.24) is 0 Å². The number of ether oxygens (including phenoxy) is 1. The average molecular weight is 241 g/mol. The Morgan fingerprint density at radius 2 is 2.18 bits per heavy atom. The Morgan fingerprint density at radius 3 is 2.71 bits per heavy atom. The standard InChI is InChI=1S/C11H12FNO4/c1-7-5-11(17-4-3-8(2)14)9(12)6-10(7)13(15)16/h5-6H,3-4H2,1-2H3. The SMILES string of the molecule is CC(=O)CCOc1cc(C)c([N+](=O)[O-])cc1F. The van der Waals surface area contributed by atoms with Crippen molar-refractivity contribution < 1.29 is 18.8 Å². The molecule has 0 aromatic heterocycles. The fourth-order valence-electron chi connectivity index (χ4n) is 1.26. The van der Waals surface area contributed by atoms with Gasteiger partial charge in [0, 0.05) is 12.0 Å². The molecule has 0 aliphatic rings. The molecule has 1 rings (SSSR count). The summed E-state index contributed by atoms with van der Waals surface area (Å²) in [5.41, 5.74) is 0.0237. The Bertz CT molecular complexity index is 459. The van der Waals surface area contributed by atoms with E-state index in [0.717, 1.165) is 6.07 Å². The Kier molecular flexibility index (Phi) is 4.14. The molecule has 0 spiro atoms. The number of aryl methyl sites for hydroxylation is 1. The van der Waals surface area contributed by atoms with Crippen molar-refractivity contribution in [3.05, 3.63) is 33.6 Å². The van der Waals surface area contributed by atoms with Gasteiger partial charge in [0.2, 0.25) is 0 Å². The van der Waals surface area contributed by atoms with Crippen molar-refractivity contribution in [1.29, 1.82) is 0 Å². The highest BCUT2D eigenvalue weighted by Crippen LogP contribution is 2.26. The van der Waals surface area contributed by atoms with E-state index < -0.39 is 10.7 Å². The number of rotatable bonds is 5. The molecule has 0 atom stereocenters. The summed E-state index contributed by atoms with van der Waals surface area (Å²) in [7, 11) is 0. The van der Waals surface area contributed by atoms with Crippen LogP contribution in [0.5, 0.6) is 5.75 Å². The topological polar surface area (TPSA) is 69.4 Å². The molecule has 1 aromatic rings. The highest BCUT2D eigenvalue weighted by atomic mass is 19.1. The zero-order valence-electron chi connectivity index (χ0n) is 9.53. The second-order valence-electron chi connectivity index (χ2n) is 3.63. The first-order valence-electron chi connectivity index (χ1n) is 4.98. The Morgan fingerprint density at radius 1 is 1.53 bits per heavy atom. The summed E-state index contributed by atoms with van der Waals surface area (Å²) in [6.07, 6.45) is 0.176. The molecule has 0 radical (unpaired) electrons. The molecule has 0 heterocycles. The average Bonchev–Trinajstić information content (AvgIpc) is 2.21. The van der Waals surface area contributed by atoms with Crippen molar-refractivity contribution >= 4 is 11.5 Å². The number of hydrogen-bond acceptors (Lipinski definition) is 4. The van der Waals surface area contributed by atoms with Crippen LogP contribution in [0, 0.1) is 22.9 Å². The quantitative estimate of drug-likeness (QED) is 0.586. The maximum absolute atomic E-state index is 13.4. The zero-order chi connectivity index (χ0) is 13.0. The molecule has 0 unspecified atom stereocenters. The van der Waals surface area contributed by atoms with Gasteiger partial charge in [-0.05, 0) is 19.9 Å². The molecule has 0 N–H and O–H groups in total. The second kappa shape index (κ2) is 5.38. The van der Waals surface area contributed by atoms with Gasteiger partial charge in [0.05, 0.1) is 17.6 Å². The van der Waals surface area contributed by atoms with Gasteiger partial charge in [0.1, 0.15) is 5.78 Å². The second-order valence-corrected chi connectivity index (χ2v) is 3.63. The maximum atomic E-state index is 13.4. The summed E-state index contributed by atoms with van der Waals surface area (Å²) in [5, 5.41) is 10.5. The van der Waals surface area contributed by atoms with Gasteiger partial charge in [-0.25, -0.2) is 4.39 Å². The first-order valence-corrected chi connectivity index (χ1v) is 4.98. The van der Waals surface area contributed by atoms with Crippen LogP contribution in [0.3, 0.4) is 0 Å². The van der Waals surface area contributed by atoms with Crippen LogP contribution in [0.25, 0.3) is 0 Å². The number of nitro benzene ring substituents is 1. The van der Waals surface area contributed by atoms with Gasteiger partial charge in [-0.2, -0.15) is 0 Å². The summed E-state index contributed by atoms with van der Waals surface area (Å²) in [6.45, 7) is 2.96. The minimum absolute atomic E-state index is 0.0590. The molecule has 0 saturated heterocycles. The molecule has 0 bridgehead atoms. The number of benzene rings is 1. The van der Waals surface area contributed by atoms with E-state index in [1.165, 1.54) is 19.9 Å². The van der Waals surface area contributed by atoms with Crippen LogP contribution in [0.15, 0.2) is 12.1 Å². The van der Waals surface area contributed by atoms with Crippen molar-refractivity contribution in [2.45, 2.75) is 20.3 Å². The number of ketones is 1. The van der Waals surface area contributed by atoms with Gasteiger partial charge in [-0.3, -0.25) is 14.9 Å². The van der Waals surface area contributed by atoms with Crippen LogP contribution in [-0.2, 0) is 4.79 Å². The van der Waals surface area contributed by atoms with Gasteiger partial charge >= 0.3 is 0 Å². The van der Waals surface area contributed by atoms with Crippen LogP contribution >= 0.6 is 0 Å². The Balaban J connectivity index is 2.84. The fourth-order valence-corrected chi connectivity index (χ4v) is 1.26. The molecule has 1 aromatic carbocycles. The van der Waals surface area contributed by atoms with Crippen molar-refractivity contribution in [2.24, 2.45) is 0 Å². The summed E-state index contributed by atoms with van der Waals surface area (Å²) >= 11 is 0. The number of carbonyl (C=O) groups excluding carboxylic acids is 1. The number of carbonyl (C=O) groups is 1. The normalized spacial score (nSPS) is 10.1. The summed E-state index contributed by atoms with van der Waals surface area (Å²) in [4.78, 5) is 20.6. The molecule has 6 heteroatoms. The largest absolute Gasteiger partial charge is 0.490 e. The van der Waals surface area contributed by atoms with Gasteiger partial charge in [-0.1, -0.05) is 0 Å².